The van der Waals surface area contributed by atoms with Crippen molar-refractivity contribution in [2.45, 2.75) is 45.3 Å². The van der Waals surface area contributed by atoms with Gasteiger partial charge in [-0.15, -0.1) is 0 Å². The van der Waals surface area contributed by atoms with E-state index in [1.807, 2.05) is 0 Å². The minimum atomic E-state index is 0.172. The first-order valence-electron chi connectivity index (χ1n) is 8.88. The molecule has 0 unspecified atom stereocenters. The number of aryl methyl sites for hydroxylation is 1. The number of nitrogens with one attached hydrogen (secondary N) is 1. The molecular formula is C19H28N2O2. The molecule has 1 aromatic rings. The minimum Gasteiger partial charge on any atom is -0.376 e. The Balaban J connectivity index is 1.39. The third kappa shape index (κ3) is 4.79. The van der Waals surface area contributed by atoms with E-state index in [2.05, 4.69) is 41.4 Å². The zero-order chi connectivity index (χ0) is 16.1. The van der Waals surface area contributed by atoms with Crippen LogP contribution in [0, 0.1) is 12.8 Å². The van der Waals surface area contributed by atoms with Gasteiger partial charge >= 0.3 is 0 Å². The normalized spacial score (nSPS) is 23.1. The Hall–Kier alpha value is -1.39. The lowest BCUT2D eigenvalue weighted by Gasteiger charge is -2.31. The van der Waals surface area contributed by atoms with Crippen LogP contribution in [0.15, 0.2) is 24.3 Å². The Bertz CT molecular complexity index is 501. The summed E-state index contributed by atoms with van der Waals surface area (Å²) in [5.74, 6) is 0.390. The monoisotopic (exact) mass is 316 g/mol. The average molecular weight is 316 g/mol. The predicted octanol–water partition coefficient (Wildman–Crippen LogP) is 2.50. The molecule has 0 aliphatic carbocycles. The van der Waals surface area contributed by atoms with Crippen LogP contribution in [0.3, 0.4) is 0 Å². The summed E-state index contributed by atoms with van der Waals surface area (Å²) in [7, 11) is 0. The maximum absolute atomic E-state index is 12.3. The van der Waals surface area contributed by atoms with Gasteiger partial charge in [-0.2, -0.15) is 0 Å². The van der Waals surface area contributed by atoms with E-state index in [9.17, 15) is 4.79 Å². The van der Waals surface area contributed by atoms with Crippen LogP contribution in [0.4, 0.5) is 0 Å². The van der Waals surface area contributed by atoms with Crippen molar-refractivity contribution < 1.29 is 9.53 Å². The number of likely N-dealkylation sites (tertiary alicyclic amines) is 1. The Morgan fingerprint density at radius 1 is 1.22 bits per heavy atom. The van der Waals surface area contributed by atoms with Gasteiger partial charge in [0.1, 0.15) is 0 Å². The first kappa shape index (κ1) is 16.5. The summed E-state index contributed by atoms with van der Waals surface area (Å²) in [6.45, 7) is 6.65. The first-order valence-corrected chi connectivity index (χ1v) is 8.88. The zero-order valence-electron chi connectivity index (χ0n) is 14.1. The van der Waals surface area contributed by atoms with Crippen LogP contribution < -0.4 is 5.32 Å². The molecule has 0 bridgehead atoms. The van der Waals surface area contributed by atoms with Crippen LogP contribution in [0.1, 0.15) is 36.8 Å². The summed E-state index contributed by atoms with van der Waals surface area (Å²) in [6, 6.07) is 8.74. The highest BCUT2D eigenvalue weighted by Gasteiger charge is 2.26. The van der Waals surface area contributed by atoms with Gasteiger partial charge in [0, 0.05) is 25.6 Å². The van der Waals surface area contributed by atoms with Gasteiger partial charge in [-0.25, -0.2) is 0 Å². The summed E-state index contributed by atoms with van der Waals surface area (Å²) < 4.78 is 5.56. The molecule has 1 amide bonds. The van der Waals surface area contributed by atoms with Crippen molar-refractivity contribution in [3.05, 3.63) is 35.4 Å². The van der Waals surface area contributed by atoms with Crippen LogP contribution in [-0.2, 0) is 16.1 Å². The van der Waals surface area contributed by atoms with Crippen molar-refractivity contribution in [2.75, 3.05) is 26.2 Å². The molecule has 23 heavy (non-hydrogen) atoms. The highest BCUT2D eigenvalue weighted by atomic mass is 16.5. The van der Waals surface area contributed by atoms with Crippen molar-refractivity contribution in [1.29, 1.82) is 0 Å². The van der Waals surface area contributed by atoms with E-state index in [1.54, 1.807) is 0 Å². The Labute approximate surface area is 139 Å². The van der Waals surface area contributed by atoms with Gasteiger partial charge in [0.25, 0.3) is 0 Å². The largest absolute Gasteiger partial charge is 0.376 e. The van der Waals surface area contributed by atoms with E-state index in [4.69, 9.17) is 4.74 Å². The maximum Gasteiger partial charge on any atom is 0.223 e. The Morgan fingerprint density at radius 3 is 2.61 bits per heavy atom. The molecule has 2 aliphatic rings. The molecular weight excluding hydrogens is 288 g/mol. The molecule has 0 radical (unpaired) electrons. The summed E-state index contributed by atoms with van der Waals surface area (Å²) >= 11 is 0. The lowest BCUT2D eigenvalue weighted by Crippen LogP contribution is -2.42. The van der Waals surface area contributed by atoms with Gasteiger partial charge < -0.3 is 10.1 Å². The van der Waals surface area contributed by atoms with E-state index >= 15 is 0 Å². The van der Waals surface area contributed by atoms with E-state index < -0.39 is 0 Å². The number of ether oxygens (including phenoxy) is 1. The maximum atomic E-state index is 12.3. The molecule has 2 saturated heterocycles. The highest BCUT2D eigenvalue weighted by molar-refractivity contribution is 5.78. The van der Waals surface area contributed by atoms with E-state index in [1.165, 1.54) is 11.1 Å². The average Bonchev–Trinajstić information content (AvgIpc) is 3.09. The fourth-order valence-electron chi connectivity index (χ4n) is 3.47. The zero-order valence-corrected chi connectivity index (χ0v) is 14.1. The van der Waals surface area contributed by atoms with Crippen LogP contribution in [-0.4, -0.2) is 43.2 Å². The van der Waals surface area contributed by atoms with E-state index in [-0.39, 0.29) is 17.9 Å². The van der Waals surface area contributed by atoms with Crippen molar-refractivity contribution in [3.63, 3.8) is 0 Å². The number of hydrogen-bond donors (Lipinski definition) is 1. The van der Waals surface area contributed by atoms with Crippen LogP contribution >= 0.6 is 0 Å². The van der Waals surface area contributed by atoms with Gasteiger partial charge in [0.2, 0.25) is 5.91 Å². The molecule has 1 aromatic carbocycles. The second-order valence-electron chi connectivity index (χ2n) is 6.92. The third-order valence-electron chi connectivity index (χ3n) is 5.01. The van der Waals surface area contributed by atoms with Crippen LogP contribution in [0.2, 0.25) is 0 Å². The fourth-order valence-corrected chi connectivity index (χ4v) is 3.47. The van der Waals surface area contributed by atoms with Crippen molar-refractivity contribution in [2.24, 2.45) is 5.92 Å². The number of carbonyl (C=O) groups excluding carboxylic acids is 1. The van der Waals surface area contributed by atoms with Gasteiger partial charge in [0.05, 0.1) is 6.10 Å². The molecule has 0 aromatic heterocycles. The fraction of sp³-hybridized carbons (Fsp3) is 0.632. The molecule has 0 spiro atoms. The number of benzene rings is 1. The molecule has 2 fully saturated rings. The van der Waals surface area contributed by atoms with Gasteiger partial charge in [-0.3, -0.25) is 9.69 Å². The number of hydrogen-bond acceptors (Lipinski definition) is 3. The summed E-state index contributed by atoms with van der Waals surface area (Å²) in [5, 5.41) is 3.08. The number of piperidine rings is 1. The molecule has 1 atom stereocenters. The summed E-state index contributed by atoms with van der Waals surface area (Å²) in [4.78, 5) is 14.7. The number of nitrogens with zero attached hydrogens (tertiary/aromatic N) is 1. The molecule has 3 rings (SSSR count). The topological polar surface area (TPSA) is 41.6 Å². The number of rotatable bonds is 5. The SMILES string of the molecule is Cc1ccc(CN2CCC(C(=O)NC[C@H]3CCCO3)CC2)cc1. The molecule has 0 saturated carbocycles. The lowest BCUT2D eigenvalue weighted by molar-refractivity contribution is -0.127. The van der Waals surface area contributed by atoms with Gasteiger partial charge in [-0.05, 0) is 51.3 Å². The van der Waals surface area contributed by atoms with E-state index in [0.29, 0.717) is 6.54 Å². The summed E-state index contributed by atoms with van der Waals surface area (Å²) in [5.41, 5.74) is 2.66. The molecule has 2 heterocycles. The second kappa shape index (κ2) is 7.93. The van der Waals surface area contributed by atoms with Crippen molar-refractivity contribution in [3.8, 4) is 0 Å². The molecule has 4 heteroatoms. The number of carbonyl (C=O) groups is 1. The Morgan fingerprint density at radius 2 is 1.96 bits per heavy atom. The first-order chi connectivity index (χ1) is 11.2. The van der Waals surface area contributed by atoms with Gasteiger partial charge in [-0.1, -0.05) is 29.8 Å². The molecule has 1 N–H and O–H groups in total. The molecule has 2 aliphatic heterocycles. The standard InChI is InChI=1S/C19H28N2O2/c1-15-4-6-16(7-5-15)14-21-10-8-17(9-11-21)19(22)20-13-18-3-2-12-23-18/h4-7,17-18H,2-3,8-14H2,1H3,(H,20,22)/t18-/m1/s1. The van der Waals surface area contributed by atoms with Crippen LogP contribution in [0.5, 0.6) is 0 Å². The highest BCUT2D eigenvalue weighted by Crippen LogP contribution is 2.20. The quantitative estimate of drug-likeness (QED) is 0.907. The van der Waals surface area contributed by atoms with Crippen molar-refractivity contribution >= 4 is 5.91 Å². The summed E-state index contributed by atoms with van der Waals surface area (Å²) in [6.07, 6.45) is 4.36. The third-order valence-corrected chi connectivity index (χ3v) is 5.01. The van der Waals surface area contributed by atoms with Crippen molar-refractivity contribution in [1.82, 2.24) is 10.2 Å². The van der Waals surface area contributed by atoms with E-state index in [0.717, 1.165) is 51.9 Å². The molecule has 126 valence electrons. The minimum absolute atomic E-state index is 0.172. The second-order valence-corrected chi connectivity index (χ2v) is 6.92. The predicted molar refractivity (Wildman–Crippen MR) is 91.2 cm³/mol. The molecule has 4 nitrogen and oxygen atoms in total. The Kier molecular flexibility index (Phi) is 5.68. The lowest BCUT2D eigenvalue weighted by atomic mass is 9.95. The van der Waals surface area contributed by atoms with Gasteiger partial charge in [0.15, 0.2) is 0 Å². The smallest absolute Gasteiger partial charge is 0.223 e. The van der Waals surface area contributed by atoms with Crippen LogP contribution in [0.25, 0.3) is 0 Å². The number of amides is 1.